The van der Waals surface area contributed by atoms with Gasteiger partial charge in [-0.15, -0.1) is 11.3 Å². The zero-order chi connectivity index (χ0) is 15.7. The molecule has 3 heterocycles. The van der Waals surface area contributed by atoms with Gasteiger partial charge in [-0.05, 0) is 20.8 Å². The molecule has 1 saturated heterocycles. The lowest BCUT2D eigenvalue weighted by Gasteiger charge is -2.34. The number of hydrogen-bond donors (Lipinski definition) is 0. The lowest BCUT2D eigenvalue weighted by molar-refractivity contribution is 0.0701. The number of thioether (sulfide) groups is 1. The molecule has 22 heavy (non-hydrogen) atoms. The minimum Gasteiger partial charge on any atom is -0.327 e. The van der Waals surface area contributed by atoms with E-state index in [1.165, 1.54) is 0 Å². The summed E-state index contributed by atoms with van der Waals surface area (Å²) >= 11 is 3.50. The monoisotopic (exact) mass is 336 g/mol. The zero-order valence-electron chi connectivity index (χ0n) is 13.0. The Morgan fingerprint density at radius 1 is 1.41 bits per heavy atom. The van der Waals surface area contributed by atoms with Gasteiger partial charge in [-0.3, -0.25) is 9.48 Å². The molecule has 0 spiro atoms. The number of aromatic nitrogens is 3. The number of hydrogen-bond acceptors (Lipinski definition) is 5. The Morgan fingerprint density at radius 3 is 2.86 bits per heavy atom. The van der Waals surface area contributed by atoms with E-state index in [2.05, 4.69) is 30.9 Å². The minimum atomic E-state index is -0.120. The van der Waals surface area contributed by atoms with Crippen LogP contribution in [-0.4, -0.2) is 43.6 Å². The van der Waals surface area contributed by atoms with Gasteiger partial charge in [-0.2, -0.15) is 16.9 Å². The Balaban J connectivity index is 1.84. The molecular weight excluding hydrogens is 316 g/mol. The molecule has 1 atom stereocenters. The Hall–Kier alpha value is -1.34. The fraction of sp³-hybridized carbons (Fsp3) is 0.533. The summed E-state index contributed by atoms with van der Waals surface area (Å²) in [5, 5.41) is 7.33. The van der Waals surface area contributed by atoms with E-state index < -0.39 is 0 Å². The fourth-order valence-corrected chi connectivity index (χ4v) is 4.33. The summed E-state index contributed by atoms with van der Waals surface area (Å²) in [5.41, 5.74) is 0.536. The highest BCUT2D eigenvalue weighted by molar-refractivity contribution is 7.99. The molecule has 1 fully saturated rings. The van der Waals surface area contributed by atoms with Crippen LogP contribution in [-0.2, 0) is 5.54 Å². The Bertz CT molecular complexity index is 645. The van der Waals surface area contributed by atoms with Crippen LogP contribution in [0.25, 0.3) is 0 Å². The number of carbonyl (C=O) groups excluding carboxylic acids is 1. The molecule has 2 aromatic rings. The Labute approximate surface area is 138 Å². The first-order valence-corrected chi connectivity index (χ1v) is 9.33. The van der Waals surface area contributed by atoms with Gasteiger partial charge in [0.2, 0.25) is 0 Å². The molecule has 1 amide bonds. The van der Waals surface area contributed by atoms with Gasteiger partial charge >= 0.3 is 0 Å². The highest BCUT2D eigenvalue weighted by Gasteiger charge is 2.31. The topological polar surface area (TPSA) is 51.0 Å². The quantitative estimate of drug-likeness (QED) is 0.846. The molecule has 7 heteroatoms. The molecule has 0 bridgehead atoms. The predicted octanol–water partition coefficient (Wildman–Crippen LogP) is 3.02. The van der Waals surface area contributed by atoms with Crippen LogP contribution in [0.2, 0.25) is 0 Å². The van der Waals surface area contributed by atoms with E-state index >= 15 is 0 Å². The van der Waals surface area contributed by atoms with Crippen molar-refractivity contribution in [3.8, 4) is 0 Å². The molecule has 2 aromatic heterocycles. The van der Waals surface area contributed by atoms with Crippen molar-refractivity contribution in [1.29, 1.82) is 0 Å². The van der Waals surface area contributed by atoms with Gasteiger partial charge in [-0.25, -0.2) is 4.98 Å². The number of rotatable bonds is 2. The van der Waals surface area contributed by atoms with Crippen LogP contribution in [0.15, 0.2) is 24.0 Å². The van der Waals surface area contributed by atoms with Crippen molar-refractivity contribution in [2.24, 2.45) is 0 Å². The summed E-state index contributed by atoms with van der Waals surface area (Å²) in [6, 6.07) is 0.0734. The molecule has 1 aliphatic rings. The van der Waals surface area contributed by atoms with E-state index in [1.807, 2.05) is 32.9 Å². The molecule has 0 radical (unpaired) electrons. The van der Waals surface area contributed by atoms with Crippen LogP contribution >= 0.6 is 23.1 Å². The summed E-state index contributed by atoms with van der Waals surface area (Å²) in [4.78, 5) is 19.2. The summed E-state index contributed by atoms with van der Waals surface area (Å²) in [7, 11) is 0. The van der Waals surface area contributed by atoms with Gasteiger partial charge in [0, 0.05) is 35.8 Å². The van der Waals surface area contributed by atoms with Crippen LogP contribution in [0.4, 0.5) is 0 Å². The van der Waals surface area contributed by atoms with E-state index in [9.17, 15) is 4.79 Å². The van der Waals surface area contributed by atoms with Gasteiger partial charge in [0.15, 0.2) is 0 Å². The Morgan fingerprint density at radius 2 is 2.23 bits per heavy atom. The first-order valence-electron chi connectivity index (χ1n) is 7.30. The zero-order valence-corrected chi connectivity index (χ0v) is 14.7. The summed E-state index contributed by atoms with van der Waals surface area (Å²) < 4.78 is 1.84. The average Bonchev–Trinajstić information content (AvgIpc) is 3.17. The number of nitrogens with zero attached hydrogens (tertiary/aromatic N) is 4. The molecule has 0 aliphatic carbocycles. The third-order valence-corrected chi connectivity index (χ3v) is 5.54. The number of carbonyl (C=O) groups is 1. The Kier molecular flexibility index (Phi) is 4.27. The average molecular weight is 336 g/mol. The van der Waals surface area contributed by atoms with Crippen molar-refractivity contribution in [3.63, 3.8) is 0 Å². The lowest BCUT2D eigenvalue weighted by Crippen LogP contribution is -2.40. The summed E-state index contributed by atoms with van der Waals surface area (Å²) in [6.07, 6.45) is 5.33. The van der Waals surface area contributed by atoms with Crippen LogP contribution < -0.4 is 0 Å². The van der Waals surface area contributed by atoms with E-state index in [0.717, 1.165) is 23.1 Å². The van der Waals surface area contributed by atoms with Gasteiger partial charge in [0.05, 0.1) is 23.3 Å². The van der Waals surface area contributed by atoms with Gasteiger partial charge in [0.25, 0.3) is 5.91 Å². The second-order valence-electron chi connectivity index (χ2n) is 6.30. The van der Waals surface area contributed by atoms with Crippen molar-refractivity contribution in [2.75, 3.05) is 18.1 Å². The number of thiazole rings is 1. The van der Waals surface area contributed by atoms with E-state index in [-0.39, 0.29) is 17.5 Å². The molecular formula is C15H20N4OS2. The maximum absolute atomic E-state index is 12.9. The molecule has 118 valence electrons. The SMILES string of the molecule is CC(C)(C)n1cc(C(=O)N2CCSC[C@@H]2c2nccs2)cn1. The molecule has 1 aliphatic heterocycles. The second kappa shape index (κ2) is 6.04. The van der Waals surface area contributed by atoms with Crippen molar-refractivity contribution in [1.82, 2.24) is 19.7 Å². The highest BCUT2D eigenvalue weighted by Crippen LogP contribution is 2.32. The van der Waals surface area contributed by atoms with Crippen molar-refractivity contribution < 1.29 is 4.79 Å². The molecule has 0 N–H and O–H groups in total. The second-order valence-corrected chi connectivity index (χ2v) is 8.38. The van der Waals surface area contributed by atoms with Crippen LogP contribution in [0.3, 0.4) is 0 Å². The van der Waals surface area contributed by atoms with E-state index in [0.29, 0.717) is 5.56 Å². The molecule has 5 nitrogen and oxygen atoms in total. The van der Waals surface area contributed by atoms with Gasteiger partial charge in [-0.1, -0.05) is 0 Å². The smallest absolute Gasteiger partial charge is 0.257 e. The largest absolute Gasteiger partial charge is 0.327 e. The number of amides is 1. The van der Waals surface area contributed by atoms with Crippen molar-refractivity contribution >= 4 is 29.0 Å². The van der Waals surface area contributed by atoms with Gasteiger partial charge in [0.1, 0.15) is 5.01 Å². The van der Waals surface area contributed by atoms with Crippen molar-refractivity contribution in [3.05, 3.63) is 34.5 Å². The van der Waals surface area contributed by atoms with E-state index in [1.54, 1.807) is 23.7 Å². The molecule has 3 rings (SSSR count). The third kappa shape index (κ3) is 3.05. The fourth-order valence-electron chi connectivity index (χ4n) is 2.42. The van der Waals surface area contributed by atoms with Crippen LogP contribution in [0.5, 0.6) is 0 Å². The standard InChI is InChI=1S/C15H20N4OS2/c1-15(2,3)19-9-11(8-17-19)14(20)18-5-7-21-10-12(18)13-16-4-6-22-13/h4,6,8-9,12H,5,7,10H2,1-3H3/t12-/m1/s1. The van der Waals surface area contributed by atoms with Gasteiger partial charge < -0.3 is 4.90 Å². The maximum Gasteiger partial charge on any atom is 0.257 e. The molecule has 0 aromatic carbocycles. The van der Waals surface area contributed by atoms with Crippen LogP contribution in [0, 0.1) is 0 Å². The first kappa shape index (κ1) is 15.6. The van der Waals surface area contributed by atoms with Crippen molar-refractivity contribution in [2.45, 2.75) is 32.4 Å². The predicted molar refractivity (Wildman–Crippen MR) is 90.4 cm³/mol. The third-order valence-electron chi connectivity index (χ3n) is 3.64. The first-order chi connectivity index (χ1) is 10.5. The lowest BCUT2D eigenvalue weighted by atomic mass is 10.1. The summed E-state index contributed by atoms with van der Waals surface area (Å²) in [5.74, 6) is 1.93. The highest BCUT2D eigenvalue weighted by atomic mass is 32.2. The summed E-state index contributed by atoms with van der Waals surface area (Å²) in [6.45, 7) is 6.98. The van der Waals surface area contributed by atoms with Crippen LogP contribution in [0.1, 0.15) is 42.2 Å². The molecule has 0 unspecified atom stereocenters. The maximum atomic E-state index is 12.9. The normalized spacial score (nSPS) is 19.4. The van der Waals surface area contributed by atoms with E-state index in [4.69, 9.17) is 0 Å². The minimum absolute atomic E-state index is 0.0519. The molecule has 0 saturated carbocycles.